The van der Waals surface area contributed by atoms with Gasteiger partial charge in [-0.2, -0.15) is 0 Å². The molecule has 0 saturated heterocycles. The van der Waals surface area contributed by atoms with Gasteiger partial charge in [-0.05, 0) is 5.41 Å². The maximum Gasteiger partial charge on any atom is 0.0480 e. The van der Waals surface area contributed by atoms with Crippen LogP contribution >= 0.6 is 22.6 Å². The van der Waals surface area contributed by atoms with Gasteiger partial charge in [0.2, 0.25) is 0 Å². The van der Waals surface area contributed by atoms with Crippen LogP contribution in [0.25, 0.3) is 0 Å². The molecule has 0 saturated carbocycles. The molecule has 0 atom stereocenters. The minimum Gasteiger partial charge on any atom is -0.308 e. The first-order chi connectivity index (χ1) is 3.56. The molecule has 0 rings (SSSR count). The average Bonchev–Trinajstić information content (AvgIpc) is 1.59. The standard InChI is InChI=1S/C6H14IN/c1-6(2,3)4-8-5-7/h8H,4-5H2,1-3H3. The summed E-state index contributed by atoms with van der Waals surface area (Å²) >= 11 is 2.32. The fourth-order valence-corrected chi connectivity index (χ4v) is 0.692. The van der Waals surface area contributed by atoms with Gasteiger partial charge in [-0.1, -0.05) is 43.4 Å². The Bertz CT molecular complexity index is 56.0. The van der Waals surface area contributed by atoms with Gasteiger partial charge >= 0.3 is 0 Å². The Balaban J connectivity index is 3.11. The van der Waals surface area contributed by atoms with Gasteiger partial charge in [0.05, 0.1) is 0 Å². The molecule has 0 aliphatic rings. The van der Waals surface area contributed by atoms with Crippen molar-refractivity contribution in [3.63, 3.8) is 0 Å². The van der Waals surface area contributed by atoms with E-state index >= 15 is 0 Å². The van der Waals surface area contributed by atoms with E-state index in [1.54, 1.807) is 0 Å². The number of nitrogens with one attached hydrogen (secondary N) is 1. The summed E-state index contributed by atoms with van der Waals surface area (Å²) < 4.78 is 1.05. The number of alkyl halides is 1. The highest BCUT2D eigenvalue weighted by molar-refractivity contribution is 14.1. The molecule has 2 heteroatoms. The Morgan fingerprint density at radius 3 is 2.00 bits per heavy atom. The van der Waals surface area contributed by atoms with Crippen molar-refractivity contribution in [3.05, 3.63) is 0 Å². The lowest BCUT2D eigenvalue weighted by Gasteiger charge is -2.17. The van der Waals surface area contributed by atoms with E-state index in [0.717, 1.165) is 11.1 Å². The van der Waals surface area contributed by atoms with E-state index in [1.165, 1.54) is 0 Å². The highest BCUT2D eigenvalue weighted by atomic mass is 127. The molecule has 0 bridgehead atoms. The van der Waals surface area contributed by atoms with Gasteiger partial charge in [-0.25, -0.2) is 0 Å². The quantitative estimate of drug-likeness (QED) is 0.432. The lowest BCUT2D eigenvalue weighted by atomic mass is 9.97. The second kappa shape index (κ2) is 3.67. The summed E-state index contributed by atoms with van der Waals surface area (Å²) in [5, 5.41) is 3.27. The van der Waals surface area contributed by atoms with Crippen molar-refractivity contribution in [3.8, 4) is 0 Å². The Labute approximate surface area is 65.4 Å². The summed E-state index contributed by atoms with van der Waals surface area (Å²) in [6, 6.07) is 0. The number of rotatable bonds is 2. The van der Waals surface area contributed by atoms with Crippen LogP contribution in [0.15, 0.2) is 0 Å². The van der Waals surface area contributed by atoms with Gasteiger partial charge in [0.25, 0.3) is 0 Å². The molecule has 1 N–H and O–H groups in total. The fraction of sp³-hybridized carbons (Fsp3) is 1.00. The maximum atomic E-state index is 3.27. The average molecular weight is 227 g/mol. The van der Waals surface area contributed by atoms with Gasteiger partial charge < -0.3 is 5.32 Å². The largest absolute Gasteiger partial charge is 0.308 e. The minimum atomic E-state index is 0.436. The molecule has 0 radical (unpaired) electrons. The summed E-state index contributed by atoms with van der Waals surface area (Å²) in [5.41, 5.74) is 0.436. The summed E-state index contributed by atoms with van der Waals surface area (Å²) in [5.74, 6) is 0. The van der Waals surface area contributed by atoms with Crippen LogP contribution in [0.1, 0.15) is 20.8 Å². The molecular formula is C6H14IN. The molecular weight excluding hydrogens is 213 g/mol. The smallest absolute Gasteiger partial charge is 0.0480 e. The Hall–Kier alpha value is 0.690. The molecule has 0 aromatic heterocycles. The monoisotopic (exact) mass is 227 g/mol. The van der Waals surface area contributed by atoms with Crippen LogP contribution in [0.5, 0.6) is 0 Å². The Morgan fingerprint density at radius 2 is 1.88 bits per heavy atom. The number of hydrogen-bond acceptors (Lipinski definition) is 1. The van der Waals surface area contributed by atoms with Gasteiger partial charge in [0.1, 0.15) is 0 Å². The third-order valence-corrected chi connectivity index (χ3v) is 1.29. The maximum absolute atomic E-state index is 3.27. The van der Waals surface area contributed by atoms with E-state index < -0.39 is 0 Å². The van der Waals surface area contributed by atoms with Crippen molar-refractivity contribution >= 4 is 22.6 Å². The van der Waals surface area contributed by atoms with Crippen molar-refractivity contribution in [1.29, 1.82) is 0 Å². The molecule has 50 valence electrons. The van der Waals surface area contributed by atoms with Crippen LogP contribution in [-0.4, -0.2) is 11.1 Å². The van der Waals surface area contributed by atoms with Crippen LogP contribution < -0.4 is 5.32 Å². The molecule has 0 aromatic carbocycles. The van der Waals surface area contributed by atoms with E-state index in [2.05, 4.69) is 48.7 Å². The van der Waals surface area contributed by atoms with Crippen LogP contribution in [0, 0.1) is 5.41 Å². The van der Waals surface area contributed by atoms with E-state index in [9.17, 15) is 0 Å². The molecule has 8 heavy (non-hydrogen) atoms. The van der Waals surface area contributed by atoms with Crippen molar-refractivity contribution < 1.29 is 0 Å². The predicted molar refractivity (Wildman–Crippen MR) is 46.3 cm³/mol. The van der Waals surface area contributed by atoms with Crippen molar-refractivity contribution in [2.75, 3.05) is 11.1 Å². The first-order valence-corrected chi connectivity index (χ1v) is 4.35. The molecule has 0 spiro atoms. The second-order valence-electron chi connectivity index (χ2n) is 3.12. The molecule has 0 aliphatic heterocycles. The van der Waals surface area contributed by atoms with E-state index in [-0.39, 0.29) is 0 Å². The Kier molecular flexibility index (Phi) is 3.98. The van der Waals surface area contributed by atoms with Crippen molar-refractivity contribution in [2.24, 2.45) is 5.41 Å². The molecule has 1 nitrogen and oxygen atoms in total. The third kappa shape index (κ3) is 6.69. The van der Waals surface area contributed by atoms with Gasteiger partial charge in [-0.3, -0.25) is 0 Å². The molecule has 0 unspecified atom stereocenters. The summed E-state index contributed by atoms with van der Waals surface area (Å²) in [6.07, 6.45) is 0. The topological polar surface area (TPSA) is 12.0 Å². The molecule has 0 heterocycles. The van der Waals surface area contributed by atoms with Gasteiger partial charge in [-0.15, -0.1) is 0 Å². The summed E-state index contributed by atoms with van der Waals surface area (Å²) in [4.78, 5) is 0. The zero-order valence-corrected chi connectivity index (χ0v) is 7.95. The number of hydrogen-bond donors (Lipinski definition) is 1. The lowest BCUT2D eigenvalue weighted by Crippen LogP contribution is -2.25. The zero-order chi connectivity index (χ0) is 6.62. The first kappa shape index (κ1) is 8.69. The first-order valence-electron chi connectivity index (χ1n) is 2.83. The zero-order valence-electron chi connectivity index (χ0n) is 5.79. The normalized spacial score (nSPS) is 12.0. The van der Waals surface area contributed by atoms with Crippen LogP contribution in [0.3, 0.4) is 0 Å². The highest BCUT2D eigenvalue weighted by Gasteiger charge is 2.07. The summed E-state index contributed by atoms with van der Waals surface area (Å²) in [6.45, 7) is 7.79. The highest BCUT2D eigenvalue weighted by Crippen LogP contribution is 2.09. The van der Waals surface area contributed by atoms with Crippen LogP contribution in [0.4, 0.5) is 0 Å². The van der Waals surface area contributed by atoms with E-state index in [4.69, 9.17) is 0 Å². The molecule has 0 aromatic rings. The Morgan fingerprint density at radius 1 is 1.38 bits per heavy atom. The second-order valence-corrected chi connectivity index (χ2v) is 3.88. The van der Waals surface area contributed by atoms with Crippen molar-refractivity contribution in [1.82, 2.24) is 5.32 Å². The predicted octanol–water partition coefficient (Wildman–Crippen LogP) is 2.01. The van der Waals surface area contributed by atoms with Crippen molar-refractivity contribution in [2.45, 2.75) is 20.8 Å². The van der Waals surface area contributed by atoms with Gasteiger partial charge in [0, 0.05) is 11.1 Å². The minimum absolute atomic E-state index is 0.436. The fourth-order valence-electron chi connectivity index (χ4n) is 0.422. The molecule has 0 aliphatic carbocycles. The lowest BCUT2D eigenvalue weighted by molar-refractivity contribution is 0.394. The molecule has 0 amide bonds. The SMILES string of the molecule is CC(C)(C)CNCI. The number of halogens is 1. The van der Waals surface area contributed by atoms with Gasteiger partial charge in [0.15, 0.2) is 0 Å². The third-order valence-electron chi connectivity index (χ3n) is 0.750. The van der Waals surface area contributed by atoms with E-state index in [1.807, 2.05) is 0 Å². The van der Waals surface area contributed by atoms with E-state index in [0.29, 0.717) is 5.41 Å². The molecule has 0 fully saturated rings. The van der Waals surface area contributed by atoms with Crippen LogP contribution in [0.2, 0.25) is 0 Å². The summed E-state index contributed by atoms with van der Waals surface area (Å²) in [7, 11) is 0. The van der Waals surface area contributed by atoms with Crippen LogP contribution in [-0.2, 0) is 0 Å².